The first-order valence-corrected chi connectivity index (χ1v) is 7.52. The number of aromatic nitrogens is 2. The van der Waals surface area contributed by atoms with Crippen LogP contribution in [0.5, 0.6) is 0 Å². The molecule has 1 aromatic rings. The lowest BCUT2D eigenvalue weighted by atomic mass is 9.70. The fraction of sp³-hybridized carbons (Fsp3) is 0.667. The van der Waals surface area contributed by atoms with Gasteiger partial charge in [0.1, 0.15) is 5.15 Å². The molecule has 1 heterocycles. The minimum Gasteiger partial charge on any atom is -0.309 e. The maximum Gasteiger partial charge on any atom is 0.228 e. The molecule has 0 spiro atoms. The molecule has 1 N–H and O–H groups in total. The molecular weight excluding hydrogens is 274 g/mol. The number of carbonyl (C=O) groups is 1. The second-order valence-corrected chi connectivity index (χ2v) is 7.02. The summed E-state index contributed by atoms with van der Waals surface area (Å²) in [5, 5.41) is 3.10. The molecule has 1 saturated carbocycles. The Morgan fingerprint density at radius 2 is 1.90 bits per heavy atom. The first kappa shape index (κ1) is 15.2. The number of anilines is 1. The number of hydrogen-bond acceptors (Lipinski definition) is 3. The molecular formula is C15H22ClN3O. The predicted octanol–water partition coefficient (Wildman–Crippen LogP) is 3.92. The van der Waals surface area contributed by atoms with Crippen molar-refractivity contribution in [2.45, 2.75) is 46.5 Å². The van der Waals surface area contributed by atoms with Crippen LogP contribution in [0.25, 0.3) is 0 Å². The molecule has 0 radical (unpaired) electrons. The summed E-state index contributed by atoms with van der Waals surface area (Å²) in [6, 6.07) is 0. The molecule has 1 amide bonds. The highest BCUT2D eigenvalue weighted by atomic mass is 35.5. The van der Waals surface area contributed by atoms with Gasteiger partial charge in [0.25, 0.3) is 0 Å². The van der Waals surface area contributed by atoms with Crippen molar-refractivity contribution in [2.75, 3.05) is 5.32 Å². The summed E-state index contributed by atoms with van der Waals surface area (Å²) in [5.74, 6) is 1.25. The van der Waals surface area contributed by atoms with E-state index in [1.54, 1.807) is 0 Å². The Morgan fingerprint density at radius 3 is 2.45 bits per heavy atom. The molecule has 0 aliphatic heterocycles. The van der Waals surface area contributed by atoms with Gasteiger partial charge in [-0.25, -0.2) is 4.98 Å². The number of nitrogens with one attached hydrogen (secondary N) is 1. The monoisotopic (exact) mass is 295 g/mol. The van der Waals surface area contributed by atoms with Gasteiger partial charge in [0.15, 0.2) is 5.82 Å². The van der Waals surface area contributed by atoms with E-state index < -0.39 is 0 Å². The van der Waals surface area contributed by atoms with Crippen LogP contribution >= 0.6 is 11.6 Å². The number of halogens is 1. The van der Waals surface area contributed by atoms with Crippen molar-refractivity contribution in [3.05, 3.63) is 17.5 Å². The van der Waals surface area contributed by atoms with Crippen molar-refractivity contribution >= 4 is 23.3 Å². The lowest BCUT2D eigenvalue weighted by Crippen LogP contribution is -2.31. The van der Waals surface area contributed by atoms with Gasteiger partial charge in [-0.15, -0.1) is 0 Å². The lowest BCUT2D eigenvalue weighted by molar-refractivity contribution is -0.121. The van der Waals surface area contributed by atoms with Gasteiger partial charge in [0.05, 0.1) is 12.4 Å². The van der Waals surface area contributed by atoms with Crippen LogP contribution in [0, 0.1) is 17.3 Å². The number of hydrogen-bond donors (Lipinski definition) is 1. The van der Waals surface area contributed by atoms with Gasteiger partial charge in [-0.1, -0.05) is 32.4 Å². The highest BCUT2D eigenvalue weighted by Crippen LogP contribution is 2.39. The number of amides is 1. The summed E-state index contributed by atoms with van der Waals surface area (Å²) in [6.07, 6.45) is 7.09. The Bertz CT molecular complexity index is 476. The average Bonchev–Trinajstić information content (AvgIpc) is 2.38. The van der Waals surface area contributed by atoms with Crippen LogP contribution in [0.2, 0.25) is 5.15 Å². The molecule has 1 aromatic heterocycles. The molecule has 1 fully saturated rings. The Balaban J connectivity index is 1.89. The van der Waals surface area contributed by atoms with Crippen LogP contribution < -0.4 is 5.32 Å². The van der Waals surface area contributed by atoms with Crippen molar-refractivity contribution in [1.29, 1.82) is 0 Å². The van der Waals surface area contributed by atoms with E-state index in [1.807, 2.05) is 0 Å². The maximum absolute atomic E-state index is 12.2. The van der Waals surface area contributed by atoms with E-state index >= 15 is 0 Å². The van der Waals surface area contributed by atoms with Gasteiger partial charge in [-0.05, 0) is 37.0 Å². The Labute approximate surface area is 125 Å². The van der Waals surface area contributed by atoms with Gasteiger partial charge in [0, 0.05) is 5.92 Å². The average molecular weight is 296 g/mol. The fourth-order valence-electron chi connectivity index (χ4n) is 2.85. The topological polar surface area (TPSA) is 54.9 Å². The Hall–Kier alpha value is -1.16. The van der Waals surface area contributed by atoms with Crippen LogP contribution in [0.3, 0.4) is 0 Å². The molecule has 0 aromatic carbocycles. The molecule has 20 heavy (non-hydrogen) atoms. The summed E-state index contributed by atoms with van der Waals surface area (Å²) in [7, 11) is 0. The van der Waals surface area contributed by atoms with E-state index in [-0.39, 0.29) is 11.8 Å². The summed E-state index contributed by atoms with van der Waals surface area (Å²) >= 11 is 5.76. The minimum atomic E-state index is 0.0360. The first-order chi connectivity index (χ1) is 9.36. The summed E-state index contributed by atoms with van der Waals surface area (Å²) in [4.78, 5) is 20.2. The van der Waals surface area contributed by atoms with Crippen LogP contribution in [0.4, 0.5) is 5.82 Å². The number of rotatable bonds is 2. The predicted molar refractivity (Wildman–Crippen MR) is 80.6 cm³/mol. The SMILES string of the molecule is CC(C)(C)C1CCC(C(=O)Nc2cncc(Cl)n2)CC1. The maximum atomic E-state index is 12.2. The highest BCUT2D eigenvalue weighted by molar-refractivity contribution is 6.29. The van der Waals surface area contributed by atoms with Gasteiger partial charge < -0.3 is 5.32 Å². The first-order valence-electron chi connectivity index (χ1n) is 7.14. The normalized spacial score (nSPS) is 23.4. The van der Waals surface area contributed by atoms with Crippen molar-refractivity contribution in [3.63, 3.8) is 0 Å². The van der Waals surface area contributed by atoms with Crippen LogP contribution in [0.15, 0.2) is 12.4 Å². The molecule has 5 heteroatoms. The van der Waals surface area contributed by atoms with E-state index in [4.69, 9.17) is 11.6 Å². The third kappa shape index (κ3) is 3.92. The molecule has 4 nitrogen and oxygen atoms in total. The third-order valence-electron chi connectivity index (χ3n) is 4.18. The van der Waals surface area contributed by atoms with Crippen molar-refractivity contribution in [3.8, 4) is 0 Å². The minimum absolute atomic E-state index is 0.0360. The van der Waals surface area contributed by atoms with E-state index in [0.717, 1.165) is 25.7 Å². The molecule has 2 rings (SSSR count). The summed E-state index contributed by atoms with van der Waals surface area (Å²) in [6.45, 7) is 6.83. The quantitative estimate of drug-likeness (QED) is 0.899. The van der Waals surface area contributed by atoms with Crippen LogP contribution in [-0.4, -0.2) is 15.9 Å². The molecule has 1 aliphatic rings. The highest BCUT2D eigenvalue weighted by Gasteiger charge is 2.32. The third-order valence-corrected chi connectivity index (χ3v) is 4.36. The van der Waals surface area contributed by atoms with E-state index in [0.29, 0.717) is 22.3 Å². The van der Waals surface area contributed by atoms with Gasteiger partial charge >= 0.3 is 0 Å². The van der Waals surface area contributed by atoms with Gasteiger partial charge in [0.2, 0.25) is 5.91 Å². The standard InChI is InChI=1S/C15H22ClN3O/c1-15(2,3)11-6-4-10(5-7-11)14(20)19-13-9-17-8-12(16)18-13/h8-11H,4-7H2,1-3H3,(H,18,19,20). The summed E-state index contributed by atoms with van der Waals surface area (Å²) < 4.78 is 0. The molecule has 0 saturated heterocycles. The zero-order valence-electron chi connectivity index (χ0n) is 12.3. The van der Waals surface area contributed by atoms with Crippen molar-refractivity contribution in [2.24, 2.45) is 17.3 Å². The van der Waals surface area contributed by atoms with Gasteiger partial charge in [-0.2, -0.15) is 0 Å². The Kier molecular flexibility index (Phi) is 4.63. The van der Waals surface area contributed by atoms with E-state index in [1.165, 1.54) is 12.4 Å². The summed E-state index contributed by atoms with van der Waals surface area (Å²) in [5.41, 5.74) is 0.333. The zero-order chi connectivity index (χ0) is 14.8. The Morgan fingerprint density at radius 1 is 1.25 bits per heavy atom. The van der Waals surface area contributed by atoms with E-state index in [9.17, 15) is 4.79 Å². The molecule has 110 valence electrons. The zero-order valence-corrected chi connectivity index (χ0v) is 13.1. The molecule has 1 aliphatic carbocycles. The molecule has 0 atom stereocenters. The fourth-order valence-corrected chi connectivity index (χ4v) is 3.00. The van der Waals surface area contributed by atoms with Crippen molar-refractivity contribution < 1.29 is 4.79 Å². The smallest absolute Gasteiger partial charge is 0.228 e. The van der Waals surface area contributed by atoms with Crippen molar-refractivity contribution in [1.82, 2.24) is 9.97 Å². The second-order valence-electron chi connectivity index (χ2n) is 6.63. The second kappa shape index (κ2) is 6.08. The van der Waals surface area contributed by atoms with E-state index in [2.05, 4.69) is 36.1 Å². The lowest BCUT2D eigenvalue weighted by Gasteiger charge is -2.36. The number of carbonyl (C=O) groups excluding carboxylic acids is 1. The largest absolute Gasteiger partial charge is 0.309 e. The molecule has 0 bridgehead atoms. The van der Waals surface area contributed by atoms with Crippen LogP contribution in [0.1, 0.15) is 46.5 Å². The number of nitrogens with zero attached hydrogens (tertiary/aromatic N) is 2. The van der Waals surface area contributed by atoms with Crippen LogP contribution in [-0.2, 0) is 4.79 Å². The molecule has 0 unspecified atom stereocenters. The van der Waals surface area contributed by atoms with Gasteiger partial charge in [-0.3, -0.25) is 9.78 Å².